The molecule has 0 aromatic rings. The fourth-order valence-electron chi connectivity index (χ4n) is 2.92. The average Bonchev–Trinajstić information content (AvgIpc) is 2.92. The smallest absolute Gasteiger partial charge is 0.385 e. The van der Waals surface area contributed by atoms with Crippen molar-refractivity contribution in [3.05, 3.63) is 24.7 Å². The topological polar surface area (TPSA) is 133 Å². The molecule has 3 N–H and O–H groups in total. The summed E-state index contributed by atoms with van der Waals surface area (Å²) in [5, 5.41) is 24.4. The lowest BCUT2D eigenvalue weighted by atomic mass is 9.95. The molecule has 0 radical (unpaired) electrons. The lowest BCUT2D eigenvalue weighted by Gasteiger charge is -2.34. The van der Waals surface area contributed by atoms with E-state index < -0.39 is 31.8 Å². The highest BCUT2D eigenvalue weighted by molar-refractivity contribution is 8.13. The normalized spacial score (nSPS) is 31.9. The van der Waals surface area contributed by atoms with Gasteiger partial charge >= 0.3 is 7.75 Å². The number of nitrogens with zero attached hydrogens (tertiary/aromatic N) is 3. The van der Waals surface area contributed by atoms with E-state index in [4.69, 9.17) is 13.8 Å². The standard InChI is InChI=1S/C18H31N4O7PS/c1-12-20-15(19-4)7-8-22(12)17-16(24)18(3,25)14(29-17)11-28-30(26,21(5)6)27-9-10-31-13(2)23/h7-8,14,16-17,24-25H,1,9-11H2,2-6H3,(H,19,20)/t14-,16?,17+,18+,30?/m1/s1. The number of nitrogens with one attached hydrogen (secondary N) is 1. The van der Waals surface area contributed by atoms with E-state index in [2.05, 4.69) is 16.9 Å². The second-order valence-corrected chi connectivity index (χ2v) is 10.9. The minimum Gasteiger partial charge on any atom is -0.385 e. The van der Waals surface area contributed by atoms with Gasteiger partial charge in [0.25, 0.3) is 0 Å². The van der Waals surface area contributed by atoms with Gasteiger partial charge in [-0.1, -0.05) is 18.3 Å². The van der Waals surface area contributed by atoms with Crippen molar-refractivity contribution in [1.29, 1.82) is 0 Å². The van der Waals surface area contributed by atoms with Crippen LogP contribution in [0.15, 0.2) is 29.7 Å². The Hall–Kier alpha value is -1.24. The molecule has 2 aliphatic heterocycles. The third-order valence-corrected chi connectivity index (χ3v) is 7.58. The zero-order valence-electron chi connectivity index (χ0n) is 18.3. The fourth-order valence-corrected chi connectivity index (χ4v) is 4.68. The van der Waals surface area contributed by atoms with Gasteiger partial charge in [0.2, 0.25) is 0 Å². The molecule has 176 valence electrons. The summed E-state index contributed by atoms with van der Waals surface area (Å²) in [6.45, 7) is 6.49. The number of ether oxygens (including phenoxy) is 1. The maximum atomic E-state index is 13.0. The minimum atomic E-state index is -3.69. The summed E-state index contributed by atoms with van der Waals surface area (Å²) in [7, 11) is 0.996. The number of aliphatic hydroxyl groups is 2. The maximum Gasteiger partial charge on any atom is 0.407 e. The van der Waals surface area contributed by atoms with E-state index >= 15 is 0 Å². The van der Waals surface area contributed by atoms with Gasteiger partial charge in [-0.3, -0.25) is 18.8 Å². The minimum absolute atomic E-state index is 0.0399. The summed E-state index contributed by atoms with van der Waals surface area (Å²) in [5.41, 5.74) is -1.69. The van der Waals surface area contributed by atoms with Gasteiger partial charge < -0.3 is 25.2 Å². The molecule has 2 aliphatic rings. The predicted molar refractivity (Wildman–Crippen MR) is 118 cm³/mol. The molecule has 11 nitrogen and oxygen atoms in total. The van der Waals surface area contributed by atoms with Crippen molar-refractivity contribution < 1.29 is 33.4 Å². The molecule has 0 aliphatic carbocycles. The molecule has 1 fully saturated rings. The summed E-state index contributed by atoms with van der Waals surface area (Å²) in [6, 6.07) is 0. The summed E-state index contributed by atoms with van der Waals surface area (Å²) >= 11 is 1.05. The van der Waals surface area contributed by atoms with E-state index in [0.29, 0.717) is 17.4 Å². The molecule has 13 heteroatoms. The molecule has 5 atom stereocenters. The van der Waals surface area contributed by atoms with Gasteiger partial charge in [0.15, 0.2) is 11.3 Å². The summed E-state index contributed by atoms with van der Waals surface area (Å²) in [4.78, 5) is 16.6. The molecule has 0 bridgehead atoms. The van der Waals surface area contributed by atoms with Crippen LogP contribution in [0.1, 0.15) is 13.8 Å². The predicted octanol–water partition coefficient (Wildman–Crippen LogP) is 0.724. The third kappa shape index (κ3) is 6.17. The highest BCUT2D eigenvalue weighted by Gasteiger charge is 2.55. The van der Waals surface area contributed by atoms with Gasteiger partial charge in [0.05, 0.1) is 13.2 Å². The molecule has 0 spiro atoms. The fraction of sp³-hybridized carbons (Fsp3) is 0.667. The first-order valence-electron chi connectivity index (χ1n) is 9.57. The van der Waals surface area contributed by atoms with E-state index in [-0.39, 0.29) is 18.3 Å². The Morgan fingerprint density at radius 2 is 2.19 bits per heavy atom. The van der Waals surface area contributed by atoms with E-state index in [1.807, 2.05) is 0 Å². The molecule has 2 unspecified atom stereocenters. The van der Waals surface area contributed by atoms with Crippen molar-refractivity contribution in [3.8, 4) is 0 Å². The quantitative estimate of drug-likeness (QED) is 0.320. The van der Waals surface area contributed by atoms with Crippen LogP contribution in [-0.4, -0.2) is 94.9 Å². The summed E-state index contributed by atoms with van der Waals surface area (Å²) < 4.78 is 31.2. The van der Waals surface area contributed by atoms with Gasteiger partial charge in [0, 0.05) is 25.9 Å². The van der Waals surface area contributed by atoms with Crippen LogP contribution in [-0.2, 0) is 23.1 Å². The maximum absolute atomic E-state index is 13.0. The first-order valence-corrected chi connectivity index (χ1v) is 12.1. The highest BCUT2D eigenvalue weighted by Crippen LogP contribution is 2.51. The van der Waals surface area contributed by atoms with Crippen molar-refractivity contribution in [3.63, 3.8) is 0 Å². The van der Waals surface area contributed by atoms with Crippen LogP contribution in [0.3, 0.4) is 0 Å². The number of hydrogen-bond acceptors (Lipinski definition) is 10. The van der Waals surface area contributed by atoms with Crippen LogP contribution in [0.5, 0.6) is 0 Å². The van der Waals surface area contributed by atoms with Crippen LogP contribution in [0.25, 0.3) is 0 Å². The Bertz CT molecular complexity index is 789. The first-order chi connectivity index (χ1) is 14.4. The van der Waals surface area contributed by atoms with E-state index in [0.717, 1.165) is 11.8 Å². The second-order valence-electron chi connectivity index (χ2n) is 7.37. The Kier molecular flexibility index (Phi) is 8.88. The number of aliphatic hydroxyl groups excluding tert-OH is 1. The van der Waals surface area contributed by atoms with Crippen LogP contribution in [0.2, 0.25) is 0 Å². The molecule has 0 amide bonds. The Morgan fingerprint density at radius 3 is 2.74 bits per heavy atom. The number of hydrogen-bond donors (Lipinski definition) is 3. The highest BCUT2D eigenvalue weighted by atomic mass is 32.2. The van der Waals surface area contributed by atoms with E-state index in [1.54, 1.807) is 19.3 Å². The Balaban J connectivity index is 2.06. The van der Waals surface area contributed by atoms with Crippen molar-refractivity contribution in [2.45, 2.75) is 37.9 Å². The van der Waals surface area contributed by atoms with Crippen LogP contribution < -0.4 is 5.32 Å². The number of aliphatic imine (C=N–C) groups is 1. The molecule has 2 heterocycles. The van der Waals surface area contributed by atoms with Gasteiger partial charge in [-0.2, -0.15) is 0 Å². The number of carbonyl (C=O) groups is 1. The monoisotopic (exact) mass is 478 g/mol. The van der Waals surface area contributed by atoms with Crippen LogP contribution in [0.4, 0.5) is 0 Å². The van der Waals surface area contributed by atoms with Crippen molar-refractivity contribution in [1.82, 2.24) is 14.9 Å². The zero-order valence-corrected chi connectivity index (χ0v) is 20.1. The molecule has 0 aromatic heterocycles. The van der Waals surface area contributed by atoms with Crippen molar-refractivity contribution >= 4 is 30.5 Å². The molecule has 0 saturated carbocycles. The van der Waals surface area contributed by atoms with Gasteiger partial charge in [-0.15, -0.1) is 0 Å². The van der Waals surface area contributed by atoms with Crippen molar-refractivity contribution in [2.75, 3.05) is 40.1 Å². The first kappa shape index (κ1) is 26.0. The number of carbonyl (C=O) groups excluding carboxylic acids is 1. The number of thioether (sulfide) groups is 1. The van der Waals surface area contributed by atoms with Crippen molar-refractivity contribution in [2.24, 2.45) is 4.99 Å². The average molecular weight is 479 g/mol. The number of rotatable bonds is 9. The van der Waals surface area contributed by atoms with E-state index in [1.165, 1.54) is 37.5 Å². The van der Waals surface area contributed by atoms with E-state index in [9.17, 15) is 19.6 Å². The van der Waals surface area contributed by atoms with Crippen LogP contribution in [0, 0.1) is 0 Å². The number of amidine groups is 1. The molecule has 31 heavy (non-hydrogen) atoms. The Labute approximate surface area is 186 Å². The zero-order chi connectivity index (χ0) is 23.4. The lowest BCUT2D eigenvalue weighted by Crippen LogP contribution is -2.50. The second kappa shape index (κ2) is 10.6. The van der Waals surface area contributed by atoms with Crippen LogP contribution >= 0.6 is 19.5 Å². The molecule has 1 saturated heterocycles. The summed E-state index contributed by atoms with van der Waals surface area (Å²) in [5.74, 6) is 1.33. The largest absolute Gasteiger partial charge is 0.407 e. The van der Waals surface area contributed by atoms with Gasteiger partial charge in [0.1, 0.15) is 29.5 Å². The molecule has 2 rings (SSSR count). The molecule has 0 aromatic carbocycles. The molecular weight excluding hydrogens is 447 g/mol. The van der Waals surface area contributed by atoms with Gasteiger partial charge in [-0.25, -0.2) is 9.24 Å². The summed E-state index contributed by atoms with van der Waals surface area (Å²) in [6.07, 6.45) is 0.0463. The molecular formula is C18H31N4O7PS. The van der Waals surface area contributed by atoms with Gasteiger partial charge in [-0.05, 0) is 27.1 Å². The Morgan fingerprint density at radius 1 is 1.52 bits per heavy atom. The third-order valence-electron chi connectivity index (χ3n) is 4.84. The SMILES string of the molecule is C=C1NC(=NC)C=CN1[C@H]1O[C@H](COP(=O)(OCCSC(C)=O)N(C)C)[C@](C)(O)C1O. The lowest BCUT2D eigenvalue weighted by molar-refractivity contribution is -0.109.